The second-order valence-corrected chi connectivity index (χ2v) is 23.4. The molecule has 1 aromatic rings. The number of carbonyl (C=O) groups excluding carboxylic acids is 12. The molecular formula is C55H92N18O16. The zero-order chi connectivity index (χ0) is 66.8. The van der Waals surface area contributed by atoms with Crippen molar-refractivity contribution in [2.75, 3.05) is 39.4 Å². The molecule has 34 nitrogen and oxygen atoms in total. The van der Waals surface area contributed by atoms with Crippen molar-refractivity contribution < 1.29 is 77.6 Å². The minimum atomic E-state index is -1.76. The van der Waals surface area contributed by atoms with E-state index in [2.05, 4.69) is 62.8 Å². The monoisotopic (exact) mass is 1260 g/mol. The summed E-state index contributed by atoms with van der Waals surface area (Å²) in [6, 6.07) is -15.1. The van der Waals surface area contributed by atoms with E-state index in [1.165, 1.54) is 29.2 Å². The number of carboxylic acid groups (broad SMARTS) is 1. The maximum absolute atomic E-state index is 14.3. The Bertz CT molecular complexity index is 2650. The first-order chi connectivity index (χ1) is 41.9. The summed E-state index contributed by atoms with van der Waals surface area (Å²) >= 11 is 0. The molecule has 0 unspecified atom stereocenters. The molecule has 11 atom stereocenters. The number of nitrogens with one attached hydrogen (secondary N) is 10. The van der Waals surface area contributed by atoms with Crippen LogP contribution in [0.15, 0.2) is 17.5 Å². The summed E-state index contributed by atoms with van der Waals surface area (Å²) in [4.78, 5) is 188. The number of aliphatic imine (C=N–C) groups is 1. The number of nitrogens with zero attached hydrogens (tertiary/aromatic N) is 4. The maximum Gasteiger partial charge on any atom is 0.326 e. The van der Waals surface area contributed by atoms with Gasteiger partial charge < -0.3 is 101 Å². The van der Waals surface area contributed by atoms with Crippen LogP contribution in [0.5, 0.6) is 0 Å². The van der Waals surface area contributed by atoms with Crippen LogP contribution < -0.4 is 70.8 Å². The quantitative estimate of drug-likeness (QED) is 0.0167. The second-order valence-electron chi connectivity index (χ2n) is 23.4. The number of aliphatic hydroxyl groups excluding tert-OH is 2. The van der Waals surface area contributed by atoms with E-state index in [1.54, 1.807) is 27.7 Å². The average Bonchev–Trinajstić information content (AvgIpc) is 3.95. The third-order valence-electron chi connectivity index (χ3n) is 14.4. The number of carbonyl (C=O) groups is 13. The molecule has 0 aromatic carbocycles. The van der Waals surface area contributed by atoms with Crippen molar-refractivity contribution in [3.05, 3.63) is 18.2 Å². The van der Waals surface area contributed by atoms with Gasteiger partial charge in [0.1, 0.15) is 66.5 Å². The van der Waals surface area contributed by atoms with E-state index >= 15 is 0 Å². The van der Waals surface area contributed by atoms with Crippen molar-refractivity contribution in [3.8, 4) is 0 Å². The maximum atomic E-state index is 14.3. The Hall–Kier alpha value is -8.53. The molecule has 498 valence electrons. The minimum absolute atomic E-state index is 0.0282. The first-order valence-corrected chi connectivity index (χ1v) is 29.7. The molecule has 0 aliphatic carbocycles. The number of rotatable bonds is 37. The summed E-state index contributed by atoms with van der Waals surface area (Å²) in [5.74, 6) is -12.6. The van der Waals surface area contributed by atoms with Crippen molar-refractivity contribution in [1.29, 1.82) is 0 Å². The summed E-state index contributed by atoms with van der Waals surface area (Å²) in [5.41, 5.74) is 22.0. The Morgan fingerprint density at radius 3 is 1.57 bits per heavy atom. The van der Waals surface area contributed by atoms with Crippen molar-refractivity contribution in [3.63, 3.8) is 0 Å². The summed E-state index contributed by atoms with van der Waals surface area (Å²) in [6.07, 6.45) is 3.07. The zero-order valence-corrected chi connectivity index (χ0v) is 51.5. The van der Waals surface area contributed by atoms with Gasteiger partial charge in [-0.15, -0.1) is 0 Å². The summed E-state index contributed by atoms with van der Waals surface area (Å²) in [6.45, 7) is 9.86. The number of primary amides is 1. The van der Waals surface area contributed by atoms with Crippen LogP contribution in [0.2, 0.25) is 0 Å². The van der Waals surface area contributed by atoms with Gasteiger partial charge in [0.25, 0.3) is 0 Å². The number of hydrogen-bond donors (Lipinski definition) is 17. The smallest absolute Gasteiger partial charge is 0.326 e. The van der Waals surface area contributed by atoms with E-state index in [4.69, 9.17) is 22.9 Å². The van der Waals surface area contributed by atoms with Crippen LogP contribution in [0.1, 0.15) is 118 Å². The number of aromatic amines is 1. The fourth-order valence-electron chi connectivity index (χ4n) is 9.97. The molecule has 3 rings (SSSR count). The number of hydrogen-bond acceptors (Lipinski definition) is 18. The molecule has 2 aliphatic heterocycles. The van der Waals surface area contributed by atoms with Crippen LogP contribution >= 0.6 is 0 Å². The first-order valence-electron chi connectivity index (χ1n) is 29.7. The zero-order valence-electron chi connectivity index (χ0n) is 51.5. The largest absolute Gasteiger partial charge is 0.480 e. The Morgan fingerprint density at radius 2 is 1.09 bits per heavy atom. The van der Waals surface area contributed by atoms with Gasteiger partial charge in [-0.3, -0.25) is 62.5 Å². The molecule has 21 N–H and O–H groups in total. The second kappa shape index (κ2) is 36.7. The highest BCUT2D eigenvalue weighted by Gasteiger charge is 2.42. The van der Waals surface area contributed by atoms with Crippen LogP contribution in [0.4, 0.5) is 0 Å². The molecule has 89 heavy (non-hydrogen) atoms. The van der Waals surface area contributed by atoms with Crippen LogP contribution in [0.25, 0.3) is 0 Å². The highest BCUT2D eigenvalue weighted by molar-refractivity contribution is 6.00. The average molecular weight is 1260 g/mol. The third kappa shape index (κ3) is 24.9. The Kier molecular flexibility index (Phi) is 30.8. The van der Waals surface area contributed by atoms with E-state index in [1.807, 2.05) is 13.8 Å². The summed E-state index contributed by atoms with van der Waals surface area (Å²) in [7, 11) is 0. The van der Waals surface area contributed by atoms with Gasteiger partial charge in [0, 0.05) is 37.9 Å². The fraction of sp³-hybridized carbons (Fsp3) is 0.691. The molecule has 0 radical (unpaired) electrons. The Labute approximate surface area is 515 Å². The van der Waals surface area contributed by atoms with Gasteiger partial charge in [-0.25, -0.2) is 9.78 Å². The predicted octanol–water partition coefficient (Wildman–Crippen LogP) is -6.59. The fourth-order valence-corrected chi connectivity index (χ4v) is 9.97. The van der Waals surface area contributed by atoms with Crippen molar-refractivity contribution in [1.82, 2.24) is 67.6 Å². The molecule has 0 saturated carbocycles. The Balaban J connectivity index is 1.77. The van der Waals surface area contributed by atoms with Gasteiger partial charge in [-0.2, -0.15) is 0 Å². The molecule has 12 amide bonds. The number of nitrogens with two attached hydrogens (primary N) is 4. The van der Waals surface area contributed by atoms with Crippen molar-refractivity contribution in [2.24, 2.45) is 45.7 Å². The normalized spacial score (nSPS) is 17.7. The number of aromatic nitrogens is 2. The SMILES string of the molecule is CC(C)C[C@H](NC(=O)[C@H](CO)NC(=O)[C@H](CC(C)C)NC(=O)[C@H](Cc1cnc[nH]1)NC(=O)[C@@H]1CCCN1C(=O)[C@H](CC(C)C)NC(=O)CNC(=O)[C@@H](N)CO)C(=O)N[C@@H](CC(N)=O)C(=O)N[C@@H](C)C(=O)N1CCC[C@H]1C(=O)N[C@@H](CCCN=C(N)N)C(=O)O. The predicted molar refractivity (Wildman–Crippen MR) is 318 cm³/mol. The lowest BCUT2D eigenvalue weighted by Crippen LogP contribution is -2.61. The molecule has 34 heteroatoms. The van der Waals surface area contributed by atoms with Crippen molar-refractivity contribution >= 4 is 82.8 Å². The summed E-state index contributed by atoms with van der Waals surface area (Å²) in [5, 5.41) is 51.8. The number of amides is 12. The minimum Gasteiger partial charge on any atom is -0.480 e. The molecule has 2 aliphatic rings. The topological polar surface area (TPSA) is 542 Å². The lowest BCUT2D eigenvalue weighted by Gasteiger charge is -2.31. The molecule has 2 saturated heterocycles. The number of likely N-dealkylation sites (tertiary alicyclic amines) is 2. The third-order valence-corrected chi connectivity index (χ3v) is 14.4. The van der Waals surface area contributed by atoms with Crippen LogP contribution in [-0.2, 0) is 68.7 Å². The van der Waals surface area contributed by atoms with Gasteiger partial charge in [0.15, 0.2) is 5.96 Å². The highest BCUT2D eigenvalue weighted by Crippen LogP contribution is 2.22. The number of aliphatic carboxylic acids is 1. The lowest BCUT2D eigenvalue weighted by molar-refractivity contribution is -0.145. The van der Waals surface area contributed by atoms with Gasteiger partial charge >= 0.3 is 5.97 Å². The van der Waals surface area contributed by atoms with Crippen LogP contribution in [0.3, 0.4) is 0 Å². The highest BCUT2D eigenvalue weighted by atomic mass is 16.4. The van der Waals surface area contributed by atoms with Gasteiger partial charge in [-0.1, -0.05) is 41.5 Å². The molecule has 0 bridgehead atoms. The number of imidazole rings is 1. The molecule has 0 spiro atoms. The van der Waals surface area contributed by atoms with Crippen LogP contribution in [0, 0.1) is 17.8 Å². The van der Waals surface area contributed by atoms with Gasteiger partial charge in [-0.05, 0) is 82.5 Å². The van der Waals surface area contributed by atoms with E-state index in [0.717, 1.165) is 0 Å². The Morgan fingerprint density at radius 1 is 0.607 bits per heavy atom. The lowest BCUT2D eigenvalue weighted by atomic mass is 10.0. The summed E-state index contributed by atoms with van der Waals surface area (Å²) < 4.78 is 0. The number of guanidine groups is 1. The number of H-pyrrole nitrogens is 1. The van der Waals surface area contributed by atoms with Gasteiger partial charge in [0.05, 0.1) is 32.5 Å². The van der Waals surface area contributed by atoms with Crippen LogP contribution in [-0.4, -0.2) is 224 Å². The molecule has 3 heterocycles. The van der Waals surface area contributed by atoms with Crippen molar-refractivity contribution in [2.45, 2.75) is 186 Å². The molecular weight excluding hydrogens is 1170 g/mol. The molecule has 2 fully saturated rings. The standard InChI is InChI=1S/C55H92N18O16/c1-27(2)17-34(46(80)69-37(21-42(57)76)45(79)64-30(7)52(86)72-15-9-12-40(72)50(84)66-33(54(88)89)11-8-14-61-55(58)59)68-49(83)39(25-75)71-47(81)35(18-28(3)4)67-48(82)36(20-31-22-60-26-63-31)70-51(85)41-13-10-16-73(41)53(87)38(19-29(5)6)65-43(77)23-62-44(78)32(56)24-74/h22,26-30,32-41,74-75H,8-21,23-25,56H2,1-7H3,(H2,57,76)(H,60,63)(H,62,78)(H,64,79)(H,65,77)(H,66,84)(H,67,82)(H,68,83)(H,69,80)(H,70,85)(H,71,81)(H,88,89)(H4,58,59,61)/t30-,32-,33-,34-,35-,36-,37-,38-,39-,40-,41-/m0/s1. The number of aliphatic hydroxyl groups is 2. The van der Waals surface area contributed by atoms with E-state index < -0.39 is 169 Å². The molecule has 1 aromatic heterocycles. The first kappa shape index (κ1) is 74.7. The van der Waals surface area contributed by atoms with E-state index in [-0.39, 0.29) is 94.7 Å². The van der Waals surface area contributed by atoms with E-state index in [0.29, 0.717) is 18.5 Å². The van der Waals surface area contributed by atoms with Gasteiger partial charge in [0.2, 0.25) is 70.9 Å². The number of carboxylic acids is 1. The van der Waals surface area contributed by atoms with E-state index in [9.17, 15) is 77.6 Å².